The topological polar surface area (TPSA) is 70.6 Å². The number of rotatable bonds is 5. The van der Waals surface area contributed by atoms with Gasteiger partial charge in [0.2, 0.25) is 5.91 Å². The van der Waals surface area contributed by atoms with Crippen LogP contribution in [0.3, 0.4) is 0 Å². The van der Waals surface area contributed by atoms with E-state index in [1.165, 1.54) is 0 Å². The van der Waals surface area contributed by atoms with Crippen molar-refractivity contribution in [1.82, 2.24) is 15.1 Å². The first-order chi connectivity index (χ1) is 15.3. The Hall–Kier alpha value is -2.67. The van der Waals surface area contributed by atoms with E-state index in [0.29, 0.717) is 6.54 Å². The van der Waals surface area contributed by atoms with Gasteiger partial charge in [-0.05, 0) is 83.4 Å². The average molecular weight is 438 g/mol. The SMILES string of the molecule is Cc1ccc(N2CC[C@H](C(=O)Nc3ccc(OC4CCN(C(C)(C)C)CC4)cc3)C2)nn1. The van der Waals surface area contributed by atoms with Crippen LogP contribution in [0.4, 0.5) is 11.5 Å². The van der Waals surface area contributed by atoms with E-state index in [1.54, 1.807) is 0 Å². The predicted molar refractivity (Wildman–Crippen MR) is 127 cm³/mol. The number of likely N-dealkylation sites (tertiary alicyclic amines) is 1. The largest absolute Gasteiger partial charge is 0.490 e. The number of nitrogens with one attached hydrogen (secondary N) is 1. The third kappa shape index (κ3) is 5.57. The summed E-state index contributed by atoms with van der Waals surface area (Å²) in [6.45, 7) is 12.3. The van der Waals surface area contributed by atoms with Crippen molar-refractivity contribution in [2.75, 3.05) is 36.4 Å². The molecule has 2 aliphatic rings. The molecule has 1 atom stereocenters. The lowest BCUT2D eigenvalue weighted by Gasteiger charge is -2.40. The van der Waals surface area contributed by atoms with E-state index in [1.807, 2.05) is 43.3 Å². The molecular weight excluding hydrogens is 402 g/mol. The van der Waals surface area contributed by atoms with Crippen LogP contribution in [-0.2, 0) is 4.79 Å². The van der Waals surface area contributed by atoms with Gasteiger partial charge in [-0.25, -0.2) is 0 Å². The second kappa shape index (κ2) is 9.45. The van der Waals surface area contributed by atoms with Crippen LogP contribution in [0.25, 0.3) is 0 Å². The molecule has 1 amide bonds. The number of hydrogen-bond donors (Lipinski definition) is 1. The van der Waals surface area contributed by atoms with Crippen molar-refractivity contribution in [1.29, 1.82) is 0 Å². The summed E-state index contributed by atoms with van der Waals surface area (Å²) in [6, 6.07) is 11.7. The Labute approximate surface area is 191 Å². The molecule has 1 N–H and O–H groups in total. The molecule has 0 bridgehead atoms. The van der Waals surface area contributed by atoms with E-state index in [4.69, 9.17) is 4.74 Å². The zero-order valence-corrected chi connectivity index (χ0v) is 19.7. The predicted octanol–water partition coefficient (Wildman–Crippen LogP) is 3.89. The van der Waals surface area contributed by atoms with Crippen molar-refractivity contribution in [3.05, 3.63) is 42.1 Å². The zero-order valence-electron chi connectivity index (χ0n) is 19.7. The minimum Gasteiger partial charge on any atom is -0.490 e. The van der Waals surface area contributed by atoms with Crippen molar-refractivity contribution < 1.29 is 9.53 Å². The number of piperidine rings is 1. The third-order valence-electron chi connectivity index (χ3n) is 6.48. The van der Waals surface area contributed by atoms with Crippen LogP contribution < -0.4 is 15.0 Å². The Bertz CT molecular complexity index is 899. The van der Waals surface area contributed by atoms with Crippen molar-refractivity contribution in [2.45, 2.75) is 58.6 Å². The minimum atomic E-state index is -0.0537. The van der Waals surface area contributed by atoms with Crippen LogP contribution in [0.15, 0.2) is 36.4 Å². The summed E-state index contributed by atoms with van der Waals surface area (Å²) >= 11 is 0. The van der Waals surface area contributed by atoms with Crippen LogP contribution in [0.2, 0.25) is 0 Å². The Morgan fingerprint density at radius 3 is 2.34 bits per heavy atom. The normalized spacial score (nSPS) is 20.4. The minimum absolute atomic E-state index is 0.0517. The van der Waals surface area contributed by atoms with Gasteiger partial charge < -0.3 is 15.0 Å². The molecule has 4 rings (SSSR count). The van der Waals surface area contributed by atoms with Crippen LogP contribution >= 0.6 is 0 Å². The molecular formula is C25H35N5O2. The highest BCUT2D eigenvalue weighted by molar-refractivity contribution is 5.93. The lowest BCUT2D eigenvalue weighted by molar-refractivity contribution is -0.119. The number of amides is 1. The van der Waals surface area contributed by atoms with Crippen LogP contribution in [-0.4, -0.2) is 58.8 Å². The molecule has 32 heavy (non-hydrogen) atoms. The fraction of sp³-hybridized carbons (Fsp3) is 0.560. The fourth-order valence-electron chi connectivity index (χ4n) is 4.44. The lowest BCUT2D eigenvalue weighted by atomic mass is 9.99. The maximum Gasteiger partial charge on any atom is 0.229 e. The smallest absolute Gasteiger partial charge is 0.229 e. The van der Waals surface area contributed by atoms with Gasteiger partial charge in [-0.3, -0.25) is 9.69 Å². The van der Waals surface area contributed by atoms with E-state index < -0.39 is 0 Å². The first kappa shape index (κ1) is 22.5. The van der Waals surface area contributed by atoms with Crippen LogP contribution in [0.5, 0.6) is 5.75 Å². The highest BCUT2D eigenvalue weighted by Crippen LogP contribution is 2.26. The number of carbonyl (C=O) groups excluding carboxylic acids is 1. The molecule has 1 aromatic heterocycles. The Kier molecular flexibility index (Phi) is 6.65. The number of ether oxygens (including phenoxy) is 1. The van der Waals surface area contributed by atoms with Gasteiger partial charge in [0.15, 0.2) is 5.82 Å². The summed E-state index contributed by atoms with van der Waals surface area (Å²) in [4.78, 5) is 17.4. The Morgan fingerprint density at radius 1 is 1.00 bits per heavy atom. The molecule has 0 saturated carbocycles. The van der Waals surface area contributed by atoms with Gasteiger partial charge in [0, 0.05) is 37.4 Å². The lowest BCUT2D eigenvalue weighted by Crippen LogP contribution is -2.48. The standard InChI is InChI=1S/C25H35N5O2/c1-18-5-10-23(28-27-18)29-14-11-19(17-29)24(31)26-20-6-8-21(9-7-20)32-22-12-15-30(16-13-22)25(2,3)4/h5-10,19,22H,11-17H2,1-4H3,(H,26,31)/t19-/m0/s1. The molecule has 7 nitrogen and oxygen atoms in total. The maximum atomic E-state index is 12.7. The molecule has 2 saturated heterocycles. The van der Waals surface area contributed by atoms with Crippen molar-refractivity contribution in [2.24, 2.45) is 5.92 Å². The summed E-state index contributed by atoms with van der Waals surface area (Å²) < 4.78 is 6.19. The van der Waals surface area contributed by atoms with Crippen LogP contribution in [0, 0.1) is 12.8 Å². The van der Waals surface area contributed by atoms with Gasteiger partial charge in [0.05, 0.1) is 11.6 Å². The number of aromatic nitrogens is 2. The molecule has 3 heterocycles. The first-order valence-corrected chi connectivity index (χ1v) is 11.7. The number of carbonyl (C=O) groups is 1. The number of hydrogen-bond acceptors (Lipinski definition) is 6. The van der Waals surface area contributed by atoms with Gasteiger partial charge in [0.25, 0.3) is 0 Å². The molecule has 2 aliphatic heterocycles. The molecule has 172 valence electrons. The third-order valence-corrected chi connectivity index (χ3v) is 6.48. The van der Waals surface area contributed by atoms with Crippen molar-refractivity contribution in [3.63, 3.8) is 0 Å². The van der Waals surface area contributed by atoms with E-state index in [2.05, 4.69) is 46.1 Å². The number of benzene rings is 1. The zero-order chi connectivity index (χ0) is 22.7. The Balaban J connectivity index is 1.25. The number of aryl methyl sites for hydroxylation is 1. The molecule has 2 fully saturated rings. The Morgan fingerprint density at radius 2 is 1.72 bits per heavy atom. The van der Waals surface area contributed by atoms with Gasteiger partial charge in [-0.1, -0.05) is 0 Å². The molecule has 7 heteroatoms. The molecule has 0 radical (unpaired) electrons. The highest BCUT2D eigenvalue weighted by atomic mass is 16.5. The van der Waals surface area contributed by atoms with Crippen molar-refractivity contribution >= 4 is 17.4 Å². The van der Waals surface area contributed by atoms with Crippen LogP contribution in [0.1, 0.15) is 45.7 Å². The van der Waals surface area contributed by atoms with Gasteiger partial charge in [0.1, 0.15) is 11.9 Å². The summed E-state index contributed by atoms with van der Waals surface area (Å²) in [5.74, 6) is 1.70. The number of nitrogens with zero attached hydrogens (tertiary/aromatic N) is 4. The quantitative estimate of drug-likeness (QED) is 0.765. The molecule has 1 aromatic carbocycles. The monoisotopic (exact) mass is 437 g/mol. The van der Waals surface area contributed by atoms with E-state index >= 15 is 0 Å². The average Bonchev–Trinajstić information content (AvgIpc) is 3.26. The maximum absolute atomic E-state index is 12.7. The van der Waals surface area contributed by atoms with E-state index in [9.17, 15) is 4.79 Å². The highest BCUT2D eigenvalue weighted by Gasteiger charge is 2.30. The fourth-order valence-corrected chi connectivity index (χ4v) is 4.44. The van der Waals surface area contributed by atoms with Gasteiger partial charge in [-0.15, -0.1) is 5.10 Å². The second-order valence-corrected chi connectivity index (χ2v) is 9.95. The molecule has 0 spiro atoms. The van der Waals surface area contributed by atoms with E-state index in [-0.39, 0.29) is 23.5 Å². The summed E-state index contributed by atoms with van der Waals surface area (Å²) in [5, 5.41) is 11.4. The summed E-state index contributed by atoms with van der Waals surface area (Å²) in [5.41, 5.74) is 1.91. The van der Waals surface area contributed by atoms with Gasteiger partial charge in [-0.2, -0.15) is 5.10 Å². The summed E-state index contributed by atoms with van der Waals surface area (Å²) in [7, 11) is 0. The molecule has 0 unspecified atom stereocenters. The molecule has 0 aliphatic carbocycles. The summed E-state index contributed by atoms with van der Waals surface area (Å²) in [6.07, 6.45) is 3.15. The second-order valence-electron chi connectivity index (χ2n) is 9.95. The van der Waals surface area contributed by atoms with Gasteiger partial charge >= 0.3 is 0 Å². The first-order valence-electron chi connectivity index (χ1n) is 11.7. The number of anilines is 2. The van der Waals surface area contributed by atoms with Crippen molar-refractivity contribution in [3.8, 4) is 5.75 Å². The molecule has 2 aromatic rings. The van der Waals surface area contributed by atoms with E-state index in [0.717, 1.165) is 61.8 Å².